The van der Waals surface area contributed by atoms with Crippen LogP contribution in [0.15, 0.2) is 77.7 Å². The smallest absolute Gasteiger partial charge is 0.335 e. The molecule has 0 spiro atoms. The van der Waals surface area contributed by atoms with Crippen molar-refractivity contribution >= 4 is 23.8 Å². The molecule has 3 aromatic rings. The Hall–Kier alpha value is -3.37. The lowest BCUT2D eigenvalue weighted by molar-refractivity contribution is -0.245. The quantitative estimate of drug-likeness (QED) is 0.268. The Labute approximate surface area is 226 Å². The molecule has 1 saturated heterocycles. The molecule has 200 valence electrons. The summed E-state index contributed by atoms with van der Waals surface area (Å²) >= 11 is 1.61. The van der Waals surface area contributed by atoms with Gasteiger partial charge in [0, 0.05) is 35.7 Å². The standard InChI is InChI=1S/C29H32N2O6S/c1-2-30-29(35)31-16-19-3-9-23(10-4-19)28-36-24(18-38-25-13-11-22(12-14-25)27(33)34)15-26(37-28)21-7-5-20(17-32)6-8-21/h3-14,24,26,28,32H,2,15-18H2,1H3,(H,33,34)(H2,30,31,35). The average molecular weight is 537 g/mol. The molecule has 1 fully saturated rings. The van der Waals surface area contributed by atoms with Gasteiger partial charge in [0.15, 0.2) is 6.29 Å². The number of aromatic carboxylic acids is 1. The normalized spacial score (nSPS) is 19.1. The number of amides is 2. The van der Waals surface area contributed by atoms with E-state index in [0.717, 1.165) is 27.1 Å². The molecule has 3 unspecified atom stereocenters. The van der Waals surface area contributed by atoms with Crippen LogP contribution in [0.5, 0.6) is 0 Å². The second-order valence-electron chi connectivity index (χ2n) is 8.95. The minimum Gasteiger partial charge on any atom is -0.478 e. The third-order valence-electron chi connectivity index (χ3n) is 6.19. The first-order valence-electron chi connectivity index (χ1n) is 12.5. The summed E-state index contributed by atoms with van der Waals surface area (Å²) in [5, 5.41) is 24.1. The Bertz CT molecular complexity index is 1200. The lowest BCUT2D eigenvalue weighted by atomic mass is 10.0. The Morgan fingerprint density at radius 1 is 0.895 bits per heavy atom. The predicted octanol–water partition coefficient (Wildman–Crippen LogP) is 5.03. The van der Waals surface area contributed by atoms with E-state index in [1.165, 1.54) is 0 Å². The summed E-state index contributed by atoms with van der Waals surface area (Å²) in [6.07, 6.45) is -0.222. The zero-order chi connectivity index (χ0) is 26.9. The van der Waals surface area contributed by atoms with Gasteiger partial charge in [-0.15, -0.1) is 11.8 Å². The predicted molar refractivity (Wildman–Crippen MR) is 145 cm³/mol. The molecule has 3 atom stereocenters. The number of ether oxygens (including phenoxy) is 2. The summed E-state index contributed by atoms with van der Waals surface area (Å²) in [7, 11) is 0. The minimum atomic E-state index is -0.946. The number of hydrogen-bond acceptors (Lipinski definition) is 6. The number of nitrogens with one attached hydrogen (secondary N) is 2. The molecular weight excluding hydrogens is 504 g/mol. The third kappa shape index (κ3) is 7.58. The van der Waals surface area contributed by atoms with E-state index in [0.29, 0.717) is 25.3 Å². The van der Waals surface area contributed by atoms with Crippen LogP contribution in [0.25, 0.3) is 0 Å². The van der Waals surface area contributed by atoms with Crippen molar-refractivity contribution in [3.63, 3.8) is 0 Å². The molecule has 0 aliphatic carbocycles. The van der Waals surface area contributed by atoms with Crippen molar-refractivity contribution < 1.29 is 29.3 Å². The molecule has 4 rings (SSSR count). The first kappa shape index (κ1) is 27.7. The SMILES string of the molecule is CCNC(=O)NCc1ccc(C2OC(CSc3ccc(C(=O)O)cc3)CC(c3ccc(CO)cc3)O2)cc1. The highest BCUT2D eigenvalue weighted by Crippen LogP contribution is 2.39. The van der Waals surface area contributed by atoms with Gasteiger partial charge in [0.1, 0.15) is 0 Å². The summed E-state index contributed by atoms with van der Waals surface area (Å²) in [4.78, 5) is 23.8. The average Bonchev–Trinajstić information content (AvgIpc) is 2.95. The third-order valence-corrected chi connectivity index (χ3v) is 7.34. The van der Waals surface area contributed by atoms with Gasteiger partial charge >= 0.3 is 12.0 Å². The fourth-order valence-electron chi connectivity index (χ4n) is 4.10. The maximum atomic E-state index is 11.7. The molecule has 1 aliphatic rings. The number of carbonyl (C=O) groups is 2. The van der Waals surface area contributed by atoms with E-state index >= 15 is 0 Å². The molecular formula is C29H32N2O6S. The van der Waals surface area contributed by atoms with Crippen molar-refractivity contribution in [1.29, 1.82) is 0 Å². The van der Waals surface area contributed by atoms with Gasteiger partial charge in [-0.25, -0.2) is 9.59 Å². The van der Waals surface area contributed by atoms with Crippen molar-refractivity contribution in [1.82, 2.24) is 10.6 Å². The maximum Gasteiger partial charge on any atom is 0.335 e. The van der Waals surface area contributed by atoms with E-state index < -0.39 is 12.3 Å². The second-order valence-corrected chi connectivity index (χ2v) is 10.0. The number of carboxylic acids is 1. The molecule has 1 heterocycles. The monoisotopic (exact) mass is 536 g/mol. The number of carbonyl (C=O) groups excluding carboxylic acids is 1. The lowest BCUT2D eigenvalue weighted by Gasteiger charge is -2.36. The molecule has 9 heteroatoms. The van der Waals surface area contributed by atoms with Crippen LogP contribution in [0.4, 0.5) is 4.79 Å². The van der Waals surface area contributed by atoms with Crippen molar-refractivity contribution in [2.24, 2.45) is 0 Å². The van der Waals surface area contributed by atoms with Gasteiger partial charge in [-0.3, -0.25) is 0 Å². The van der Waals surface area contributed by atoms with Crippen LogP contribution in [0.2, 0.25) is 0 Å². The molecule has 0 bridgehead atoms. The first-order chi connectivity index (χ1) is 18.4. The van der Waals surface area contributed by atoms with E-state index in [2.05, 4.69) is 10.6 Å². The van der Waals surface area contributed by atoms with Crippen LogP contribution >= 0.6 is 11.8 Å². The van der Waals surface area contributed by atoms with Crippen LogP contribution in [0.3, 0.4) is 0 Å². The Kier molecular flexibility index (Phi) is 9.78. The summed E-state index contributed by atoms with van der Waals surface area (Å²) < 4.78 is 12.8. The van der Waals surface area contributed by atoms with Crippen LogP contribution in [-0.2, 0) is 22.6 Å². The van der Waals surface area contributed by atoms with E-state index in [-0.39, 0.29) is 30.4 Å². The van der Waals surface area contributed by atoms with Crippen molar-refractivity contribution in [2.45, 2.75) is 49.9 Å². The molecule has 8 nitrogen and oxygen atoms in total. The zero-order valence-corrected chi connectivity index (χ0v) is 21.9. The topological polar surface area (TPSA) is 117 Å². The van der Waals surface area contributed by atoms with Gasteiger partial charge in [0.25, 0.3) is 0 Å². The summed E-state index contributed by atoms with van der Waals surface area (Å²) in [6, 6.07) is 22.2. The van der Waals surface area contributed by atoms with Gasteiger partial charge in [-0.2, -0.15) is 0 Å². The number of hydrogen-bond donors (Lipinski definition) is 4. The van der Waals surface area contributed by atoms with Crippen LogP contribution in [-0.4, -0.2) is 40.6 Å². The van der Waals surface area contributed by atoms with Crippen LogP contribution in [0, 0.1) is 0 Å². The number of rotatable bonds is 10. The molecule has 0 aromatic heterocycles. The molecule has 38 heavy (non-hydrogen) atoms. The van der Waals surface area contributed by atoms with Crippen molar-refractivity contribution in [2.75, 3.05) is 12.3 Å². The second kappa shape index (κ2) is 13.4. The van der Waals surface area contributed by atoms with Crippen molar-refractivity contribution in [3.8, 4) is 0 Å². The van der Waals surface area contributed by atoms with E-state index in [1.807, 2.05) is 67.6 Å². The number of aliphatic hydroxyl groups excluding tert-OH is 1. The number of aliphatic hydroxyl groups is 1. The summed E-state index contributed by atoms with van der Waals surface area (Å²) in [6.45, 7) is 2.84. The highest BCUT2D eigenvalue weighted by molar-refractivity contribution is 7.99. The van der Waals surface area contributed by atoms with E-state index in [1.54, 1.807) is 23.9 Å². The summed E-state index contributed by atoms with van der Waals surface area (Å²) in [5.74, 6) is -0.273. The van der Waals surface area contributed by atoms with Gasteiger partial charge in [-0.05, 0) is 47.9 Å². The fraction of sp³-hybridized carbons (Fsp3) is 0.310. The lowest BCUT2D eigenvalue weighted by Crippen LogP contribution is -2.34. The molecule has 2 amide bonds. The summed E-state index contributed by atoms with van der Waals surface area (Å²) in [5.41, 5.74) is 3.95. The van der Waals surface area contributed by atoms with Crippen LogP contribution in [0.1, 0.15) is 58.4 Å². The van der Waals surface area contributed by atoms with Gasteiger partial charge in [0.2, 0.25) is 0 Å². The number of benzene rings is 3. The zero-order valence-electron chi connectivity index (χ0n) is 21.1. The van der Waals surface area contributed by atoms with Crippen LogP contribution < -0.4 is 10.6 Å². The van der Waals surface area contributed by atoms with E-state index in [4.69, 9.17) is 14.6 Å². The Morgan fingerprint density at radius 3 is 2.18 bits per heavy atom. The fourth-order valence-corrected chi connectivity index (χ4v) is 5.03. The molecule has 1 aliphatic heterocycles. The van der Waals surface area contributed by atoms with Gasteiger partial charge in [-0.1, -0.05) is 48.5 Å². The molecule has 4 N–H and O–H groups in total. The number of carboxylic acid groups (broad SMARTS) is 1. The highest BCUT2D eigenvalue weighted by Gasteiger charge is 2.32. The first-order valence-corrected chi connectivity index (χ1v) is 13.5. The largest absolute Gasteiger partial charge is 0.478 e. The Balaban J connectivity index is 1.46. The molecule has 3 aromatic carbocycles. The van der Waals surface area contributed by atoms with Gasteiger partial charge < -0.3 is 30.3 Å². The number of urea groups is 1. The number of thioether (sulfide) groups is 1. The minimum absolute atomic E-state index is 0.0151. The highest BCUT2D eigenvalue weighted by atomic mass is 32.2. The van der Waals surface area contributed by atoms with Gasteiger partial charge in [0.05, 0.1) is 24.4 Å². The maximum absolute atomic E-state index is 11.7. The van der Waals surface area contributed by atoms with E-state index in [9.17, 15) is 14.7 Å². The molecule has 0 saturated carbocycles. The molecule has 0 radical (unpaired) electrons. The Morgan fingerprint density at radius 2 is 1.55 bits per heavy atom. The van der Waals surface area contributed by atoms with Crippen molar-refractivity contribution in [3.05, 3.63) is 101 Å².